The molecule has 3 saturated carbocycles. The summed E-state index contributed by atoms with van der Waals surface area (Å²) < 4.78 is 37.9. The Balaban J connectivity index is 1.70. The first-order valence-electron chi connectivity index (χ1n) is 21.0. The van der Waals surface area contributed by atoms with Crippen molar-refractivity contribution < 1.29 is 61.9 Å². The molecule has 0 bridgehead atoms. The second-order valence-electron chi connectivity index (χ2n) is 18.7. The van der Waals surface area contributed by atoms with E-state index in [0.29, 0.717) is 52.0 Å². The van der Waals surface area contributed by atoms with Crippen molar-refractivity contribution in [1.29, 1.82) is 0 Å². The highest BCUT2D eigenvalue weighted by atomic mass is 16.6. The fourth-order valence-corrected chi connectivity index (χ4v) is 11.6. The minimum Gasteiger partial charge on any atom is -0.497 e. The van der Waals surface area contributed by atoms with Gasteiger partial charge in [-0.2, -0.15) is 0 Å². The molecule has 13 nitrogen and oxygen atoms in total. The zero-order valence-corrected chi connectivity index (χ0v) is 38.0. The van der Waals surface area contributed by atoms with E-state index in [2.05, 4.69) is 33.8 Å². The van der Waals surface area contributed by atoms with Crippen molar-refractivity contribution in [2.45, 2.75) is 79.1 Å². The van der Waals surface area contributed by atoms with E-state index in [1.165, 1.54) is 42.7 Å². The Bertz CT molecular complexity index is 2440. The molecule has 3 fully saturated rings. The Hall–Kier alpha value is -5.98. The molecule has 0 unspecified atom stereocenters. The maximum atomic E-state index is 14.3. The molecular weight excluding hydrogens is 809 g/mol. The van der Waals surface area contributed by atoms with Crippen molar-refractivity contribution >= 4 is 47.0 Å². The highest BCUT2D eigenvalue weighted by Gasteiger charge is 2.62. The predicted octanol–water partition coefficient (Wildman–Crippen LogP) is 7.04. The summed E-state index contributed by atoms with van der Waals surface area (Å²) in [7, 11) is 8.85. The summed E-state index contributed by atoms with van der Waals surface area (Å²) in [5, 5.41) is 0. The lowest BCUT2D eigenvalue weighted by molar-refractivity contribution is -0.169. The molecule has 0 N–H and O–H groups in total. The zero-order chi connectivity index (χ0) is 46.0. The molecule has 63 heavy (non-hydrogen) atoms. The third-order valence-corrected chi connectivity index (χ3v) is 14.2. The van der Waals surface area contributed by atoms with Crippen LogP contribution in [0.4, 0.5) is 0 Å². The van der Waals surface area contributed by atoms with E-state index in [-0.39, 0.29) is 38.5 Å². The van der Waals surface area contributed by atoms with Crippen molar-refractivity contribution in [1.82, 2.24) is 0 Å². The van der Waals surface area contributed by atoms with Crippen molar-refractivity contribution in [3.63, 3.8) is 0 Å². The van der Waals surface area contributed by atoms with Gasteiger partial charge in [0.15, 0.2) is 16.2 Å². The van der Waals surface area contributed by atoms with Crippen LogP contribution in [0.3, 0.4) is 0 Å². The van der Waals surface area contributed by atoms with Crippen LogP contribution in [0.5, 0.6) is 5.75 Å². The Morgan fingerprint density at radius 1 is 0.397 bits per heavy atom. The largest absolute Gasteiger partial charge is 0.497 e. The fourth-order valence-electron chi connectivity index (χ4n) is 11.6. The number of hydrogen-bond acceptors (Lipinski definition) is 13. The first-order chi connectivity index (χ1) is 29.8. The van der Waals surface area contributed by atoms with Gasteiger partial charge in [-0.3, -0.25) is 28.8 Å². The van der Waals surface area contributed by atoms with Crippen LogP contribution in [0.25, 0.3) is 11.1 Å². The lowest BCUT2D eigenvalue weighted by atomic mass is 9.78. The van der Waals surface area contributed by atoms with Crippen LogP contribution in [-0.2, 0) is 70.0 Å². The van der Waals surface area contributed by atoms with Crippen LogP contribution in [0.2, 0.25) is 0 Å². The van der Waals surface area contributed by atoms with E-state index in [4.69, 9.17) is 33.2 Å². The molecule has 0 atom stereocenters. The normalized spacial score (nSPS) is 25.4. The SMILES string of the molecule is COC(=O)C1(C(=O)OC)CC(=C2/c3ccccc3CC2(C)C)/C(=C2\CC(C(=O)OC)(C(=O)OC)C\C2=C2\CC(C(=O)OC)(C(=O)OC)C\C2=C2/c3ccc(OC)cc3CC2(C)C)C1. The van der Waals surface area contributed by atoms with Crippen LogP contribution in [0.1, 0.15) is 88.5 Å². The van der Waals surface area contributed by atoms with Gasteiger partial charge in [-0.1, -0.05) is 58.0 Å². The van der Waals surface area contributed by atoms with Gasteiger partial charge in [0, 0.05) is 38.5 Å². The Morgan fingerprint density at radius 2 is 0.714 bits per heavy atom. The number of carbonyl (C=O) groups excluding carboxylic acids is 6. The quantitative estimate of drug-likeness (QED) is 0.158. The Morgan fingerprint density at radius 3 is 1.08 bits per heavy atom. The summed E-state index contributed by atoms with van der Waals surface area (Å²) in [5.74, 6) is -4.26. The molecule has 5 aliphatic rings. The Labute approximate surface area is 367 Å². The van der Waals surface area contributed by atoms with Gasteiger partial charge < -0.3 is 33.2 Å². The molecule has 0 spiro atoms. The molecule has 2 aromatic rings. The van der Waals surface area contributed by atoms with Gasteiger partial charge in [0.05, 0.1) is 49.8 Å². The van der Waals surface area contributed by atoms with E-state index >= 15 is 0 Å². The molecule has 0 heterocycles. The van der Waals surface area contributed by atoms with Gasteiger partial charge in [0.2, 0.25) is 0 Å². The van der Waals surface area contributed by atoms with Crippen LogP contribution >= 0.6 is 0 Å². The fraction of sp³-hybridized carbons (Fsp3) is 0.480. The predicted molar refractivity (Wildman–Crippen MR) is 229 cm³/mol. The first-order valence-corrected chi connectivity index (χ1v) is 21.0. The van der Waals surface area contributed by atoms with Gasteiger partial charge in [0.1, 0.15) is 5.75 Å². The molecule has 2 aromatic carbocycles. The highest BCUT2D eigenvalue weighted by molar-refractivity contribution is 6.06. The van der Waals surface area contributed by atoms with Crippen molar-refractivity contribution in [2.24, 2.45) is 27.1 Å². The average Bonchev–Trinajstić information content (AvgIpc) is 4.08. The molecule has 0 amide bonds. The lowest BCUT2D eigenvalue weighted by Crippen LogP contribution is -2.39. The average molecular weight is 865 g/mol. The standard InChI is InChI=1S/C50H56O13/c1-46(2)19-27-14-12-13-15-30(27)38(46)36-25-49(42(53)60-8,43(54)61-9)23-34(36)32-21-48(40(51)58-6,41(52)59-7)22-33(32)35-24-50(44(55)62-10,45(56)63-11)26-37(35)39-31-17-16-29(57-5)18-28(31)20-47(39,3)4/h12-18H,19-26H2,1-11H3/b34-32+,35-33+,38-36+,39-37-. The van der Waals surface area contributed by atoms with E-state index in [0.717, 1.165) is 33.4 Å². The first kappa shape index (κ1) is 45.1. The summed E-state index contributed by atoms with van der Waals surface area (Å²) >= 11 is 0. The maximum Gasteiger partial charge on any atom is 0.323 e. The van der Waals surface area contributed by atoms with Gasteiger partial charge >= 0.3 is 35.8 Å². The molecule has 0 aliphatic heterocycles. The summed E-state index contributed by atoms with van der Waals surface area (Å²) in [4.78, 5) is 85.3. The molecule has 5 aliphatic carbocycles. The van der Waals surface area contributed by atoms with Crippen LogP contribution in [0, 0.1) is 27.1 Å². The van der Waals surface area contributed by atoms with Gasteiger partial charge in [-0.25, -0.2) is 0 Å². The number of ether oxygens (including phenoxy) is 7. The van der Waals surface area contributed by atoms with E-state index < -0.39 is 62.9 Å². The smallest absolute Gasteiger partial charge is 0.323 e. The van der Waals surface area contributed by atoms with Crippen molar-refractivity contribution in [3.8, 4) is 5.75 Å². The molecule has 7 rings (SSSR count). The lowest BCUT2D eigenvalue weighted by Gasteiger charge is -2.26. The third-order valence-electron chi connectivity index (χ3n) is 14.2. The maximum absolute atomic E-state index is 14.3. The van der Waals surface area contributed by atoms with Crippen molar-refractivity contribution in [3.05, 3.63) is 98.2 Å². The van der Waals surface area contributed by atoms with Gasteiger partial charge in [-0.05, 0) is 103 Å². The summed E-state index contributed by atoms with van der Waals surface area (Å²) in [6.07, 6.45) is 0.117. The molecule has 0 saturated heterocycles. The van der Waals surface area contributed by atoms with Crippen LogP contribution < -0.4 is 4.74 Å². The monoisotopic (exact) mass is 864 g/mol. The third kappa shape index (κ3) is 6.72. The topological polar surface area (TPSA) is 167 Å². The summed E-state index contributed by atoms with van der Waals surface area (Å²) in [5.41, 5.74) is 2.37. The number of esters is 6. The highest BCUT2D eigenvalue weighted by Crippen LogP contribution is 2.64. The molecule has 13 heteroatoms. The van der Waals surface area contributed by atoms with Crippen LogP contribution in [0.15, 0.2) is 75.9 Å². The van der Waals surface area contributed by atoms with Crippen LogP contribution in [-0.4, -0.2) is 85.6 Å². The summed E-state index contributed by atoms with van der Waals surface area (Å²) in [6, 6.07) is 13.8. The number of carbonyl (C=O) groups is 6. The zero-order valence-electron chi connectivity index (χ0n) is 38.0. The Kier molecular flexibility index (Phi) is 11.4. The van der Waals surface area contributed by atoms with E-state index in [1.807, 2.05) is 36.4 Å². The molecule has 0 aromatic heterocycles. The number of fused-ring (bicyclic) bond motifs is 2. The second-order valence-corrected chi connectivity index (χ2v) is 18.7. The molecule has 0 radical (unpaired) electrons. The van der Waals surface area contributed by atoms with E-state index in [9.17, 15) is 28.8 Å². The van der Waals surface area contributed by atoms with Gasteiger partial charge in [-0.15, -0.1) is 0 Å². The molecule has 334 valence electrons. The number of hydrogen-bond donors (Lipinski definition) is 0. The second kappa shape index (κ2) is 16.0. The molecular formula is C50H56O13. The minimum absolute atomic E-state index is 0.102. The van der Waals surface area contributed by atoms with E-state index in [1.54, 1.807) is 7.11 Å². The van der Waals surface area contributed by atoms with Crippen molar-refractivity contribution in [2.75, 3.05) is 49.8 Å². The summed E-state index contributed by atoms with van der Waals surface area (Å²) in [6.45, 7) is 8.37. The van der Waals surface area contributed by atoms with Gasteiger partial charge in [0.25, 0.3) is 0 Å². The number of rotatable bonds is 7. The number of methoxy groups -OCH3 is 7. The number of benzene rings is 2. The minimum atomic E-state index is -1.94. The number of allylic oxidation sites excluding steroid dienone is 8.